The average molecular weight is 319 g/mol. The van der Waals surface area contributed by atoms with Gasteiger partial charge in [-0.2, -0.15) is 20.1 Å². The molecule has 3 aromatic rings. The molecular weight excluding hydrogens is 306 g/mol. The highest BCUT2D eigenvalue weighted by atomic mass is 32.1. The standard InChI is InChI=1S/C14H13N3O2S2/c18-13(10-4-6-20-8-10)3-5-15-14(19)9-1-2-11-12(7-9)17-21-16-11/h1-2,4,6-8,13,18H,3,5H2,(H,15,19). The summed E-state index contributed by atoms with van der Waals surface area (Å²) in [6.07, 6.45) is -0.0510. The van der Waals surface area contributed by atoms with Gasteiger partial charge in [-0.1, -0.05) is 0 Å². The number of aliphatic hydroxyl groups is 1. The number of aliphatic hydroxyl groups excluding tert-OH is 1. The molecule has 0 spiro atoms. The van der Waals surface area contributed by atoms with Gasteiger partial charge in [0.15, 0.2) is 0 Å². The SMILES string of the molecule is O=C(NCCC(O)c1ccsc1)c1ccc2nsnc2c1. The maximum absolute atomic E-state index is 12.0. The molecule has 1 unspecified atom stereocenters. The van der Waals surface area contributed by atoms with E-state index < -0.39 is 6.10 Å². The smallest absolute Gasteiger partial charge is 0.251 e. The molecule has 0 aliphatic carbocycles. The van der Waals surface area contributed by atoms with Crippen molar-refractivity contribution in [2.75, 3.05) is 6.54 Å². The van der Waals surface area contributed by atoms with Crippen molar-refractivity contribution in [1.82, 2.24) is 14.1 Å². The quantitative estimate of drug-likeness (QED) is 0.758. The van der Waals surface area contributed by atoms with Gasteiger partial charge in [0.05, 0.1) is 17.8 Å². The lowest BCUT2D eigenvalue weighted by molar-refractivity contribution is 0.0943. The van der Waals surface area contributed by atoms with Crippen LogP contribution in [0.2, 0.25) is 0 Å². The zero-order chi connectivity index (χ0) is 14.7. The first-order valence-electron chi connectivity index (χ1n) is 6.45. The Morgan fingerprint density at radius 3 is 2.95 bits per heavy atom. The van der Waals surface area contributed by atoms with Crippen molar-refractivity contribution in [3.63, 3.8) is 0 Å². The minimum atomic E-state index is -0.540. The van der Waals surface area contributed by atoms with Gasteiger partial charge in [-0.15, -0.1) is 0 Å². The minimum absolute atomic E-state index is 0.164. The summed E-state index contributed by atoms with van der Waals surface area (Å²) in [5.41, 5.74) is 2.97. The van der Waals surface area contributed by atoms with Crippen LogP contribution >= 0.6 is 23.1 Å². The molecule has 108 valence electrons. The van der Waals surface area contributed by atoms with Crippen molar-refractivity contribution in [1.29, 1.82) is 0 Å². The molecule has 21 heavy (non-hydrogen) atoms. The Morgan fingerprint density at radius 2 is 2.14 bits per heavy atom. The molecule has 0 aliphatic rings. The molecule has 1 amide bonds. The molecule has 0 fully saturated rings. The van der Waals surface area contributed by atoms with Crippen LogP contribution in [0.3, 0.4) is 0 Å². The number of aromatic nitrogens is 2. The molecular formula is C14H13N3O2S2. The van der Waals surface area contributed by atoms with Gasteiger partial charge in [-0.05, 0) is 47.0 Å². The molecule has 0 saturated carbocycles. The van der Waals surface area contributed by atoms with Crippen LogP contribution in [0.15, 0.2) is 35.0 Å². The number of rotatable bonds is 5. The van der Waals surface area contributed by atoms with Gasteiger partial charge in [0.25, 0.3) is 5.91 Å². The number of nitrogens with zero attached hydrogens (tertiary/aromatic N) is 2. The Balaban J connectivity index is 1.56. The van der Waals surface area contributed by atoms with E-state index in [1.54, 1.807) is 29.5 Å². The van der Waals surface area contributed by atoms with E-state index in [1.807, 2.05) is 16.8 Å². The fourth-order valence-electron chi connectivity index (χ4n) is 1.98. The Kier molecular flexibility index (Phi) is 4.23. The molecule has 2 aromatic heterocycles. The summed E-state index contributed by atoms with van der Waals surface area (Å²) in [6.45, 7) is 0.420. The summed E-state index contributed by atoms with van der Waals surface area (Å²) in [7, 11) is 0. The summed E-state index contributed by atoms with van der Waals surface area (Å²) < 4.78 is 8.22. The van der Waals surface area contributed by atoms with Crippen molar-refractivity contribution in [2.24, 2.45) is 0 Å². The monoisotopic (exact) mass is 319 g/mol. The number of fused-ring (bicyclic) bond motifs is 1. The van der Waals surface area contributed by atoms with E-state index in [9.17, 15) is 9.90 Å². The van der Waals surface area contributed by atoms with Gasteiger partial charge in [0.2, 0.25) is 0 Å². The van der Waals surface area contributed by atoms with E-state index in [1.165, 1.54) is 0 Å². The lowest BCUT2D eigenvalue weighted by Gasteiger charge is -2.10. The second kappa shape index (κ2) is 6.30. The van der Waals surface area contributed by atoms with Crippen molar-refractivity contribution >= 4 is 40.0 Å². The molecule has 0 saturated heterocycles. The molecule has 1 aromatic carbocycles. The summed E-state index contributed by atoms with van der Waals surface area (Å²) >= 11 is 2.68. The number of benzene rings is 1. The Morgan fingerprint density at radius 1 is 1.29 bits per heavy atom. The van der Waals surface area contributed by atoms with Crippen molar-refractivity contribution in [3.05, 3.63) is 46.2 Å². The Hall–Kier alpha value is -1.83. The number of thiophene rings is 1. The van der Waals surface area contributed by atoms with Gasteiger partial charge in [-0.25, -0.2) is 0 Å². The number of nitrogens with one attached hydrogen (secondary N) is 1. The van der Waals surface area contributed by atoms with Crippen molar-refractivity contribution in [3.8, 4) is 0 Å². The van der Waals surface area contributed by atoms with E-state index in [-0.39, 0.29) is 5.91 Å². The van der Waals surface area contributed by atoms with Gasteiger partial charge in [0.1, 0.15) is 11.0 Å². The predicted octanol–water partition coefficient (Wildman–Crippen LogP) is 2.61. The first-order chi connectivity index (χ1) is 10.2. The molecule has 5 nitrogen and oxygen atoms in total. The fraction of sp³-hybridized carbons (Fsp3) is 0.214. The third-order valence-electron chi connectivity index (χ3n) is 3.15. The largest absolute Gasteiger partial charge is 0.388 e. The number of amides is 1. The first-order valence-corrected chi connectivity index (χ1v) is 8.12. The molecule has 2 heterocycles. The molecule has 0 aliphatic heterocycles. The van der Waals surface area contributed by atoms with E-state index in [0.29, 0.717) is 18.5 Å². The van der Waals surface area contributed by atoms with Crippen molar-refractivity contribution < 1.29 is 9.90 Å². The Labute approximate surface area is 129 Å². The molecule has 2 N–H and O–H groups in total. The van der Waals surface area contributed by atoms with Crippen LogP contribution in [0.4, 0.5) is 0 Å². The zero-order valence-corrected chi connectivity index (χ0v) is 12.7. The molecule has 7 heteroatoms. The maximum atomic E-state index is 12.0. The van der Waals surface area contributed by atoms with Crippen LogP contribution in [0.25, 0.3) is 11.0 Å². The van der Waals surface area contributed by atoms with Crippen molar-refractivity contribution in [2.45, 2.75) is 12.5 Å². The number of carbonyl (C=O) groups excluding carboxylic acids is 1. The number of carbonyl (C=O) groups is 1. The maximum Gasteiger partial charge on any atom is 0.251 e. The zero-order valence-electron chi connectivity index (χ0n) is 11.0. The predicted molar refractivity (Wildman–Crippen MR) is 83.6 cm³/mol. The topological polar surface area (TPSA) is 75.1 Å². The van der Waals surface area contributed by atoms with Crippen LogP contribution < -0.4 is 5.32 Å². The van der Waals surface area contributed by atoms with Crippen LogP contribution in [0, 0.1) is 0 Å². The van der Waals surface area contributed by atoms with E-state index in [2.05, 4.69) is 14.1 Å². The lowest BCUT2D eigenvalue weighted by Crippen LogP contribution is -2.25. The van der Waals surface area contributed by atoms with Crippen LogP contribution in [0.1, 0.15) is 28.4 Å². The molecule has 0 bridgehead atoms. The minimum Gasteiger partial charge on any atom is -0.388 e. The normalized spacial score (nSPS) is 12.4. The highest BCUT2D eigenvalue weighted by molar-refractivity contribution is 7.08. The van der Waals surface area contributed by atoms with E-state index in [0.717, 1.165) is 28.3 Å². The number of hydrogen-bond donors (Lipinski definition) is 2. The molecule has 1 atom stereocenters. The fourth-order valence-corrected chi connectivity index (χ4v) is 3.20. The first kappa shape index (κ1) is 14.1. The third kappa shape index (κ3) is 3.26. The highest BCUT2D eigenvalue weighted by Crippen LogP contribution is 2.18. The number of hydrogen-bond acceptors (Lipinski definition) is 6. The Bertz CT molecular complexity index is 740. The van der Waals surface area contributed by atoms with Crippen LogP contribution in [0.5, 0.6) is 0 Å². The average Bonchev–Trinajstić information content (AvgIpc) is 3.17. The summed E-state index contributed by atoms with van der Waals surface area (Å²) in [5.74, 6) is -0.164. The summed E-state index contributed by atoms with van der Waals surface area (Å²) in [6, 6.07) is 7.13. The van der Waals surface area contributed by atoms with E-state index >= 15 is 0 Å². The van der Waals surface area contributed by atoms with E-state index in [4.69, 9.17) is 0 Å². The second-order valence-electron chi connectivity index (χ2n) is 4.58. The third-order valence-corrected chi connectivity index (χ3v) is 4.41. The van der Waals surface area contributed by atoms with Gasteiger partial charge >= 0.3 is 0 Å². The summed E-state index contributed by atoms with van der Waals surface area (Å²) in [4.78, 5) is 12.0. The second-order valence-corrected chi connectivity index (χ2v) is 5.89. The summed E-state index contributed by atoms with van der Waals surface area (Å²) in [5, 5.41) is 16.6. The highest BCUT2D eigenvalue weighted by Gasteiger charge is 2.10. The molecule has 3 rings (SSSR count). The lowest BCUT2D eigenvalue weighted by atomic mass is 10.1. The molecule has 0 radical (unpaired) electrons. The van der Waals surface area contributed by atoms with Crippen LogP contribution in [-0.2, 0) is 0 Å². The van der Waals surface area contributed by atoms with Gasteiger partial charge < -0.3 is 10.4 Å². The van der Waals surface area contributed by atoms with Gasteiger partial charge in [-0.3, -0.25) is 4.79 Å². The van der Waals surface area contributed by atoms with Crippen LogP contribution in [-0.4, -0.2) is 26.3 Å². The van der Waals surface area contributed by atoms with Gasteiger partial charge in [0, 0.05) is 12.1 Å².